The molecule has 112 valence electrons. The molecule has 2 rings (SSSR count). The molecule has 1 aromatic carbocycles. The highest BCUT2D eigenvalue weighted by atomic mass is 32.2. The summed E-state index contributed by atoms with van der Waals surface area (Å²) in [6.45, 7) is 0. The van der Waals surface area contributed by atoms with Crippen molar-refractivity contribution in [3.63, 3.8) is 0 Å². The number of nitrogens with zero attached hydrogens (tertiary/aromatic N) is 4. The van der Waals surface area contributed by atoms with Gasteiger partial charge in [0.25, 0.3) is 0 Å². The van der Waals surface area contributed by atoms with Crippen LogP contribution in [0, 0.1) is 0 Å². The highest BCUT2D eigenvalue weighted by Gasteiger charge is 2.14. The van der Waals surface area contributed by atoms with E-state index in [0.717, 1.165) is 11.3 Å². The molecule has 0 unspecified atom stereocenters. The summed E-state index contributed by atoms with van der Waals surface area (Å²) in [6, 6.07) is 6.86. The number of tetrazole rings is 1. The summed E-state index contributed by atoms with van der Waals surface area (Å²) in [5.41, 5.74) is 7.36. The molecular formula is C13H18N6OS. The molecule has 0 radical (unpaired) electrons. The molecule has 1 heterocycles. The lowest BCUT2D eigenvalue weighted by molar-refractivity contribution is -0.117. The number of hydrogen-bond donors (Lipinski definition) is 2. The molecule has 7 nitrogen and oxygen atoms in total. The summed E-state index contributed by atoms with van der Waals surface area (Å²) in [6.07, 6.45) is 2.64. The van der Waals surface area contributed by atoms with Gasteiger partial charge in [0, 0.05) is 18.3 Å². The second-order valence-electron chi connectivity index (χ2n) is 4.58. The molecule has 1 aromatic heterocycles. The van der Waals surface area contributed by atoms with Crippen LogP contribution in [0.15, 0.2) is 24.3 Å². The average Bonchev–Trinajstić information content (AvgIpc) is 2.91. The number of benzene rings is 1. The number of nitrogens with two attached hydrogens (primary N) is 1. The largest absolute Gasteiger partial charge is 0.325 e. The van der Waals surface area contributed by atoms with Gasteiger partial charge in [0.05, 0.1) is 6.04 Å². The van der Waals surface area contributed by atoms with Gasteiger partial charge in [-0.1, -0.05) is 12.1 Å². The van der Waals surface area contributed by atoms with Gasteiger partial charge < -0.3 is 11.1 Å². The fourth-order valence-electron chi connectivity index (χ4n) is 1.82. The van der Waals surface area contributed by atoms with Gasteiger partial charge in [0.2, 0.25) is 5.91 Å². The number of nitrogens with one attached hydrogen (secondary N) is 1. The van der Waals surface area contributed by atoms with Gasteiger partial charge in [0.15, 0.2) is 5.82 Å². The van der Waals surface area contributed by atoms with Gasteiger partial charge in [0.1, 0.15) is 0 Å². The van der Waals surface area contributed by atoms with Crippen molar-refractivity contribution >= 4 is 23.4 Å². The average molecular weight is 306 g/mol. The van der Waals surface area contributed by atoms with Crippen LogP contribution in [0.25, 0.3) is 11.4 Å². The number of aromatic nitrogens is 4. The zero-order chi connectivity index (χ0) is 15.2. The molecule has 2 aromatic rings. The maximum absolute atomic E-state index is 12.0. The van der Waals surface area contributed by atoms with Crippen molar-refractivity contribution in [1.29, 1.82) is 0 Å². The molecular weight excluding hydrogens is 288 g/mol. The van der Waals surface area contributed by atoms with E-state index in [2.05, 4.69) is 20.8 Å². The maximum Gasteiger partial charge on any atom is 0.241 e. The fourth-order valence-corrected chi connectivity index (χ4v) is 2.31. The summed E-state index contributed by atoms with van der Waals surface area (Å²) in [7, 11) is 1.76. The highest BCUT2D eigenvalue weighted by Crippen LogP contribution is 2.19. The van der Waals surface area contributed by atoms with Crippen LogP contribution >= 0.6 is 11.8 Å². The quantitative estimate of drug-likeness (QED) is 0.822. The number of aryl methyl sites for hydroxylation is 1. The van der Waals surface area contributed by atoms with Crippen molar-refractivity contribution in [1.82, 2.24) is 20.2 Å². The normalized spacial score (nSPS) is 12.1. The number of amides is 1. The lowest BCUT2D eigenvalue weighted by Gasteiger charge is -2.12. The Balaban J connectivity index is 2.08. The number of rotatable bonds is 6. The van der Waals surface area contributed by atoms with Crippen molar-refractivity contribution in [2.45, 2.75) is 12.5 Å². The lowest BCUT2D eigenvalue weighted by atomic mass is 10.1. The Bertz CT molecular complexity index is 614. The molecule has 1 amide bonds. The Morgan fingerprint density at radius 2 is 2.33 bits per heavy atom. The first kappa shape index (κ1) is 15.5. The first-order valence-electron chi connectivity index (χ1n) is 6.50. The molecule has 0 bridgehead atoms. The Morgan fingerprint density at radius 1 is 1.52 bits per heavy atom. The molecule has 0 saturated carbocycles. The standard InChI is InChI=1S/C13H18N6OS/c1-19-12(16-17-18-19)9-4-3-5-10(8-9)15-13(20)11(14)6-7-21-2/h3-5,8,11H,6-7,14H2,1-2H3,(H,15,20)/t11-/m1/s1. The van der Waals surface area contributed by atoms with E-state index in [-0.39, 0.29) is 5.91 Å². The molecule has 0 aliphatic rings. The van der Waals surface area contributed by atoms with E-state index >= 15 is 0 Å². The molecule has 0 saturated heterocycles. The van der Waals surface area contributed by atoms with Gasteiger partial charge in [-0.2, -0.15) is 11.8 Å². The molecule has 21 heavy (non-hydrogen) atoms. The first-order valence-corrected chi connectivity index (χ1v) is 7.89. The van der Waals surface area contributed by atoms with Crippen LogP contribution in [-0.2, 0) is 11.8 Å². The Hall–Kier alpha value is -1.93. The zero-order valence-corrected chi connectivity index (χ0v) is 12.8. The zero-order valence-electron chi connectivity index (χ0n) is 12.0. The van der Waals surface area contributed by atoms with E-state index in [1.807, 2.05) is 30.5 Å². The van der Waals surface area contributed by atoms with E-state index in [1.165, 1.54) is 0 Å². The van der Waals surface area contributed by atoms with Crippen molar-refractivity contribution in [3.8, 4) is 11.4 Å². The first-order chi connectivity index (χ1) is 10.1. The van der Waals surface area contributed by atoms with Gasteiger partial charge in [-0.25, -0.2) is 4.68 Å². The van der Waals surface area contributed by atoms with E-state index in [1.54, 1.807) is 23.5 Å². The van der Waals surface area contributed by atoms with Gasteiger partial charge in [-0.05, 0) is 41.0 Å². The van der Waals surface area contributed by atoms with Gasteiger partial charge in [-0.3, -0.25) is 4.79 Å². The lowest BCUT2D eigenvalue weighted by Crippen LogP contribution is -2.36. The van der Waals surface area contributed by atoms with Crippen LogP contribution in [0.2, 0.25) is 0 Å². The maximum atomic E-state index is 12.0. The molecule has 1 atom stereocenters. The Morgan fingerprint density at radius 3 is 3.00 bits per heavy atom. The van der Waals surface area contributed by atoms with Crippen LogP contribution in [0.5, 0.6) is 0 Å². The van der Waals surface area contributed by atoms with Crippen LogP contribution in [0.1, 0.15) is 6.42 Å². The Kier molecular flexibility index (Phi) is 5.29. The number of carbonyl (C=O) groups excluding carboxylic acids is 1. The summed E-state index contributed by atoms with van der Waals surface area (Å²) < 4.78 is 1.57. The summed E-state index contributed by atoms with van der Waals surface area (Å²) in [4.78, 5) is 12.0. The molecule has 8 heteroatoms. The summed E-state index contributed by atoms with van der Waals surface area (Å²) in [5, 5.41) is 14.2. The monoisotopic (exact) mass is 306 g/mol. The van der Waals surface area contributed by atoms with Crippen LogP contribution in [-0.4, -0.2) is 44.2 Å². The second-order valence-corrected chi connectivity index (χ2v) is 5.57. The third kappa shape index (κ3) is 4.02. The van der Waals surface area contributed by atoms with E-state index in [4.69, 9.17) is 5.73 Å². The molecule has 0 aliphatic heterocycles. The third-order valence-electron chi connectivity index (χ3n) is 2.98. The summed E-state index contributed by atoms with van der Waals surface area (Å²) in [5.74, 6) is 1.31. The number of hydrogen-bond acceptors (Lipinski definition) is 6. The number of anilines is 1. The molecule has 0 fully saturated rings. The molecule has 3 N–H and O–H groups in total. The van der Waals surface area contributed by atoms with Crippen LogP contribution < -0.4 is 11.1 Å². The van der Waals surface area contributed by atoms with Gasteiger partial charge in [-0.15, -0.1) is 5.10 Å². The third-order valence-corrected chi connectivity index (χ3v) is 3.62. The second kappa shape index (κ2) is 7.19. The van der Waals surface area contributed by atoms with E-state index in [0.29, 0.717) is 17.9 Å². The Labute approximate surface area is 127 Å². The summed E-state index contributed by atoms with van der Waals surface area (Å²) >= 11 is 1.67. The topological polar surface area (TPSA) is 98.7 Å². The van der Waals surface area contributed by atoms with Crippen molar-refractivity contribution in [2.75, 3.05) is 17.3 Å². The fraction of sp³-hybridized carbons (Fsp3) is 0.385. The smallest absolute Gasteiger partial charge is 0.241 e. The minimum Gasteiger partial charge on any atom is -0.325 e. The predicted molar refractivity (Wildman–Crippen MR) is 83.8 cm³/mol. The molecule has 0 spiro atoms. The molecule has 0 aliphatic carbocycles. The SMILES string of the molecule is CSCC[C@@H](N)C(=O)Nc1cccc(-c2nnnn2C)c1. The highest BCUT2D eigenvalue weighted by molar-refractivity contribution is 7.98. The minimum atomic E-state index is -0.502. The number of carbonyl (C=O) groups is 1. The minimum absolute atomic E-state index is 0.183. The van der Waals surface area contributed by atoms with E-state index in [9.17, 15) is 4.79 Å². The van der Waals surface area contributed by atoms with Crippen molar-refractivity contribution < 1.29 is 4.79 Å². The predicted octanol–water partition coefficient (Wildman–Crippen LogP) is 0.896. The van der Waals surface area contributed by atoms with Crippen molar-refractivity contribution in [2.24, 2.45) is 12.8 Å². The van der Waals surface area contributed by atoms with Crippen LogP contribution in [0.3, 0.4) is 0 Å². The van der Waals surface area contributed by atoms with Gasteiger partial charge >= 0.3 is 0 Å². The van der Waals surface area contributed by atoms with E-state index < -0.39 is 6.04 Å². The number of thioether (sulfide) groups is 1. The van der Waals surface area contributed by atoms with Crippen molar-refractivity contribution in [3.05, 3.63) is 24.3 Å². The van der Waals surface area contributed by atoms with Crippen LogP contribution in [0.4, 0.5) is 5.69 Å².